The Balaban J connectivity index is 1.64. The quantitative estimate of drug-likeness (QED) is 0.537. The van der Waals surface area contributed by atoms with E-state index in [1.807, 2.05) is 30.1 Å². The van der Waals surface area contributed by atoms with Gasteiger partial charge in [0.15, 0.2) is 5.96 Å². The lowest BCUT2D eigenvalue weighted by atomic mass is 9.85. The Kier molecular flexibility index (Phi) is 7.95. The molecular formula is C22H33ClN6. The highest BCUT2D eigenvalue weighted by Crippen LogP contribution is 2.36. The average molecular weight is 417 g/mol. The second kappa shape index (κ2) is 10.6. The molecule has 7 heteroatoms. The number of rotatable bonds is 7. The van der Waals surface area contributed by atoms with Gasteiger partial charge in [-0.25, -0.2) is 0 Å². The number of nitrogens with one attached hydrogen (secondary N) is 2. The number of hydrogen-bond donors (Lipinski definition) is 2. The lowest BCUT2D eigenvalue weighted by Gasteiger charge is -2.39. The molecular weight excluding hydrogens is 384 g/mol. The Labute approximate surface area is 179 Å². The number of aryl methyl sites for hydroxylation is 1. The number of halogens is 1. The maximum absolute atomic E-state index is 6.27. The van der Waals surface area contributed by atoms with Crippen LogP contribution in [0, 0.1) is 5.92 Å². The average Bonchev–Trinajstić information content (AvgIpc) is 3.11. The fourth-order valence-electron chi connectivity index (χ4n) is 4.14. The minimum absolute atomic E-state index is 0.351. The van der Waals surface area contributed by atoms with E-state index in [9.17, 15) is 0 Å². The van der Waals surface area contributed by atoms with Crippen LogP contribution in [0.25, 0.3) is 0 Å². The summed E-state index contributed by atoms with van der Waals surface area (Å²) in [4.78, 5) is 7.36. The minimum atomic E-state index is 0.351. The van der Waals surface area contributed by atoms with Crippen LogP contribution in [0.2, 0.25) is 5.02 Å². The van der Waals surface area contributed by atoms with Crippen molar-refractivity contribution in [2.45, 2.75) is 32.2 Å². The fraction of sp³-hybridized carbons (Fsp3) is 0.545. The molecule has 6 nitrogen and oxygen atoms in total. The van der Waals surface area contributed by atoms with Crippen molar-refractivity contribution >= 4 is 17.6 Å². The number of aromatic nitrogens is 2. The van der Waals surface area contributed by atoms with Gasteiger partial charge < -0.3 is 10.6 Å². The lowest BCUT2D eigenvalue weighted by molar-refractivity contribution is 0.125. The number of aliphatic imine (C=N–C) groups is 1. The van der Waals surface area contributed by atoms with E-state index >= 15 is 0 Å². The number of guanidine groups is 1. The second-order valence-corrected chi connectivity index (χ2v) is 8.24. The highest BCUT2D eigenvalue weighted by atomic mass is 35.5. The molecule has 2 aromatic rings. The Hall–Kier alpha value is -2.05. The predicted octanol–water partition coefficient (Wildman–Crippen LogP) is 3.25. The zero-order valence-electron chi connectivity index (χ0n) is 17.7. The van der Waals surface area contributed by atoms with E-state index in [0.29, 0.717) is 12.0 Å². The van der Waals surface area contributed by atoms with Gasteiger partial charge in [-0.3, -0.25) is 14.6 Å². The van der Waals surface area contributed by atoms with Crippen molar-refractivity contribution in [2.24, 2.45) is 18.0 Å². The third-order valence-electron chi connectivity index (χ3n) is 5.49. The number of benzene rings is 1. The molecule has 0 aliphatic carbocycles. The van der Waals surface area contributed by atoms with Gasteiger partial charge in [0.25, 0.3) is 0 Å². The molecule has 2 unspecified atom stereocenters. The molecule has 0 radical (unpaired) electrons. The summed E-state index contributed by atoms with van der Waals surface area (Å²) in [6, 6.07) is 8.62. The molecule has 1 aliphatic heterocycles. The van der Waals surface area contributed by atoms with Crippen LogP contribution < -0.4 is 10.6 Å². The first-order valence-electron chi connectivity index (χ1n) is 10.5. The molecule has 0 amide bonds. The van der Waals surface area contributed by atoms with E-state index in [2.05, 4.69) is 52.9 Å². The molecule has 1 aliphatic rings. The van der Waals surface area contributed by atoms with Crippen molar-refractivity contribution in [3.63, 3.8) is 0 Å². The smallest absolute Gasteiger partial charge is 0.191 e. The standard InChI is InChI=1S/C22H33ClN6/c1-4-24-22(25-11-10-17-14-27-29(3)16-17)26-15-19-8-6-12-28(2)21(19)18-7-5-9-20(23)13-18/h5,7,9,13-14,16,19,21H,4,6,8,10-12,15H2,1-3H3,(H2,24,25,26). The van der Waals surface area contributed by atoms with E-state index < -0.39 is 0 Å². The molecule has 0 saturated carbocycles. The fourth-order valence-corrected chi connectivity index (χ4v) is 4.34. The van der Waals surface area contributed by atoms with Crippen LogP contribution in [-0.4, -0.2) is 53.9 Å². The van der Waals surface area contributed by atoms with Gasteiger partial charge >= 0.3 is 0 Å². The third kappa shape index (κ3) is 6.21. The highest BCUT2D eigenvalue weighted by Gasteiger charge is 2.30. The maximum Gasteiger partial charge on any atom is 0.191 e. The number of nitrogens with zero attached hydrogens (tertiary/aromatic N) is 4. The molecule has 0 spiro atoms. The minimum Gasteiger partial charge on any atom is -0.357 e. The van der Waals surface area contributed by atoms with Crippen molar-refractivity contribution < 1.29 is 0 Å². The van der Waals surface area contributed by atoms with Crippen LogP contribution in [0.15, 0.2) is 41.7 Å². The SMILES string of the molecule is CCNC(=NCC1CCCN(C)C1c1cccc(Cl)c1)NCCc1cnn(C)c1. The van der Waals surface area contributed by atoms with Gasteiger partial charge in [-0.05, 0) is 69.0 Å². The number of likely N-dealkylation sites (tertiary alicyclic amines) is 1. The first kappa shape index (κ1) is 21.7. The second-order valence-electron chi connectivity index (χ2n) is 7.80. The summed E-state index contributed by atoms with van der Waals surface area (Å²) in [7, 11) is 4.15. The van der Waals surface area contributed by atoms with Crippen LogP contribution in [0.5, 0.6) is 0 Å². The largest absolute Gasteiger partial charge is 0.357 e. The van der Waals surface area contributed by atoms with Crippen LogP contribution in [-0.2, 0) is 13.5 Å². The summed E-state index contributed by atoms with van der Waals surface area (Å²) in [5.41, 5.74) is 2.51. The molecule has 3 rings (SSSR count). The van der Waals surface area contributed by atoms with Crippen LogP contribution >= 0.6 is 11.6 Å². The summed E-state index contributed by atoms with van der Waals surface area (Å²) >= 11 is 6.27. The van der Waals surface area contributed by atoms with Gasteiger partial charge in [-0.2, -0.15) is 5.10 Å². The van der Waals surface area contributed by atoms with Gasteiger partial charge in [-0.1, -0.05) is 23.7 Å². The van der Waals surface area contributed by atoms with Gasteiger partial charge in [0.1, 0.15) is 0 Å². The van der Waals surface area contributed by atoms with Gasteiger partial charge in [0, 0.05) is 43.9 Å². The van der Waals surface area contributed by atoms with Gasteiger partial charge in [0.05, 0.1) is 6.20 Å². The molecule has 1 aromatic heterocycles. The number of piperidine rings is 1. The van der Waals surface area contributed by atoms with Crippen LogP contribution in [0.3, 0.4) is 0 Å². The van der Waals surface area contributed by atoms with Crippen molar-refractivity contribution in [2.75, 3.05) is 33.2 Å². The van der Waals surface area contributed by atoms with Crippen molar-refractivity contribution in [1.82, 2.24) is 25.3 Å². The summed E-state index contributed by atoms with van der Waals surface area (Å²) in [5.74, 6) is 1.36. The van der Waals surface area contributed by atoms with Gasteiger partial charge in [0.2, 0.25) is 0 Å². The van der Waals surface area contributed by atoms with Crippen LogP contribution in [0.1, 0.15) is 36.9 Å². The van der Waals surface area contributed by atoms with E-state index in [4.69, 9.17) is 16.6 Å². The Morgan fingerprint density at radius 2 is 2.17 bits per heavy atom. The van der Waals surface area contributed by atoms with Gasteiger partial charge in [-0.15, -0.1) is 0 Å². The summed E-state index contributed by atoms with van der Waals surface area (Å²) in [6.45, 7) is 5.69. The van der Waals surface area contributed by atoms with E-state index in [-0.39, 0.29) is 0 Å². The molecule has 2 N–H and O–H groups in total. The summed E-state index contributed by atoms with van der Waals surface area (Å²) < 4.78 is 1.84. The molecule has 0 bridgehead atoms. The molecule has 158 valence electrons. The molecule has 1 aromatic carbocycles. The van der Waals surface area contributed by atoms with E-state index in [1.54, 1.807) is 0 Å². The zero-order chi connectivity index (χ0) is 20.6. The first-order chi connectivity index (χ1) is 14.1. The molecule has 1 fully saturated rings. The Morgan fingerprint density at radius 3 is 2.90 bits per heavy atom. The Bertz CT molecular complexity index is 802. The topological polar surface area (TPSA) is 57.5 Å². The molecule has 29 heavy (non-hydrogen) atoms. The maximum atomic E-state index is 6.27. The van der Waals surface area contributed by atoms with E-state index in [1.165, 1.54) is 24.0 Å². The molecule has 2 atom stereocenters. The number of hydrogen-bond acceptors (Lipinski definition) is 3. The Morgan fingerprint density at radius 1 is 1.31 bits per heavy atom. The first-order valence-corrected chi connectivity index (χ1v) is 10.9. The predicted molar refractivity (Wildman–Crippen MR) is 120 cm³/mol. The summed E-state index contributed by atoms with van der Waals surface area (Å²) in [6.07, 6.45) is 7.28. The van der Waals surface area contributed by atoms with Crippen molar-refractivity contribution in [3.8, 4) is 0 Å². The lowest BCUT2D eigenvalue weighted by Crippen LogP contribution is -2.40. The van der Waals surface area contributed by atoms with Crippen LogP contribution in [0.4, 0.5) is 0 Å². The van der Waals surface area contributed by atoms with E-state index in [0.717, 1.165) is 43.6 Å². The third-order valence-corrected chi connectivity index (χ3v) is 5.73. The van der Waals surface area contributed by atoms with Crippen molar-refractivity contribution in [3.05, 3.63) is 52.8 Å². The van der Waals surface area contributed by atoms with Crippen molar-refractivity contribution in [1.29, 1.82) is 0 Å². The molecule has 2 heterocycles. The molecule has 1 saturated heterocycles. The monoisotopic (exact) mass is 416 g/mol. The highest BCUT2D eigenvalue weighted by molar-refractivity contribution is 6.30. The summed E-state index contributed by atoms with van der Waals surface area (Å²) in [5, 5.41) is 11.9. The normalized spacial score (nSPS) is 20.6. The zero-order valence-corrected chi connectivity index (χ0v) is 18.5.